The molecule has 10 heteroatoms. The maximum atomic E-state index is 14.9. The number of hydrogen-bond acceptors (Lipinski definition) is 3. The van der Waals surface area contributed by atoms with Crippen LogP contribution in [0.4, 0.5) is 17.6 Å². The number of rotatable bonds is 3. The fourth-order valence-electron chi connectivity index (χ4n) is 3.67. The number of nitrogens with one attached hydrogen (secondary N) is 1. The van der Waals surface area contributed by atoms with Gasteiger partial charge in [-0.1, -0.05) is 23.7 Å². The lowest BCUT2D eigenvalue weighted by Crippen LogP contribution is -2.16. The molecule has 0 bridgehead atoms. The molecule has 1 aliphatic heterocycles. The second-order valence-corrected chi connectivity index (χ2v) is 8.31. The first kappa shape index (κ1) is 22.1. The van der Waals surface area contributed by atoms with Crippen molar-refractivity contribution in [1.29, 1.82) is 0 Å². The monoisotopic (exact) mass is 465 g/mol. The second kappa shape index (κ2) is 7.91. The van der Waals surface area contributed by atoms with Crippen molar-refractivity contribution in [3.8, 4) is 11.1 Å². The number of aromatic nitrogens is 2. The molecule has 1 atom stereocenters. The summed E-state index contributed by atoms with van der Waals surface area (Å²) >= 11 is 7.69. The molecule has 1 aliphatic rings. The third-order valence-corrected chi connectivity index (χ3v) is 6.56. The van der Waals surface area contributed by atoms with Crippen LogP contribution in [-0.4, -0.2) is 9.78 Å². The number of alkyl halides is 3. The van der Waals surface area contributed by atoms with Gasteiger partial charge in [0.05, 0.1) is 10.4 Å². The van der Waals surface area contributed by atoms with Crippen molar-refractivity contribution >= 4 is 35.3 Å². The van der Waals surface area contributed by atoms with E-state index in [2.05, 4.69) is 10.4 Å². The van der Waals surface area contributed by atoms with Gasteiger partial charge >= 0.3 is 6.18 Å². The molecule has 3 nitrogen and oxygen atoms in total. The van der Waals surface area contributed by atoms with E-state index in [-0.39, 0.29) is 30.1 Å². The molecule has 156 valence electrons. The van der Waals surface area contributed by atoms with E-state index < -0.39 is 23.7 Å². The first-order valence-corrected chi connectivity index (χ1v) is 9.86. The van der Waals surface area contributed by atoms with Gasteiger partial charge in [-0.05, 0) is 36.6 Å². The van der Waals surface area contributed by atoms with Gasteiger partial charge in [0.15, 0.2) is 5.69 Å². The lowest BCUT2D eigenvalue weighted by atomic mass is 9.91. The maximum Gasteiger partial charge on any atom is 0.435 e. The third kappa shape index (κ3) is 3.67. The SMILES string of the molecule is CCn1cc(-c2c(F)cccc2C2NCc3sc(Cl)c(C)c32)c(C(F)(F)F)n1.Cl. The Morgan fingerprint density at radius 3 is 2.72 bits per heavy atom. The van der Waals surface area contributed by atoms with Gasteiger partial charge in [0.25, 0.3) is 0 Å². The van der Waals surface area contributed by atoms with Gasteiger partial charge in [-0.25, -0.2) is 4.39 Å². The highest BCUT2D eigenvalue weighted by Crippen LogP contribution is 2.46. The van der Waals surface area contributed by atoms with Gasteiger partial charge in [0, 0.05) is 35.3 Å². The van der Waals surface area contributed by atoms with E-state index in [9.17, 15) is 17.6 Å². The van der Waals surface area contributed by atoms with E-state index in [0.717, 1.165) is 16.0 Å². The van der Waals surface area contributed by atoms with Crippen molar-refractivity contribution in [2.45, 2.75) is 39.2 Å². The van der Waals surface area contributed by atoms with Crippen molar-refractivity contribution < 1.29 is 17.6 Å². The van der Waals surface area contributed by atoms with Crippen molar-refractivity contribution in [2.75, 3.05) is 0 Å². The summed E-state index contributed by atoms with van der Waals surface area (Å²) in [5.74, 6) is -0.715. The first-order chi connectivity index (χ1) is 13.2. The zero-order valence-electron chi connectivity index (χ0n) is 15.4. The standard InChI is InChI=1S/C19H16ClF4N3S.ClH/c1-3-27-8-11(17(26-27)19(22,23)24)15-10(5-4-6-12(15)21)16-14-9(2)18(20)28-13(14)7-25-16;/h4-6,8,16,25H,3,7H2,1-2H3;1H. The topological polar surface area (TPSA) is 29.9 Å². The normalized spacial score (nSPS) is 16.0. The third-order valence-electron chi connectivity index (χ3n) is 4.95. The molecule has 0 fully saturated rings. The van der Waals surface area contributed by atoms with Gasteiger partial charge in [-0.3, -0.25) is 4.68 Å². The van der Waals surface area contributed by atoms with E-state index in [0.29, 0.717) is 16.4 Å². The van der Waals surface area contributed by atoms with Gasteiger partial charge in [-0.15, -0.1) is 23.7 Å². The minimum Gasteiger partial charge on any atom is -0.301 e. The Bertz CT molecular complexity index is 1060. The first-order valence-electron chi connectivity index (χ1n) is 8.66. The quantitative estimate of drug-likeness (QED) is 0.455. The van der Waals surface area contributed by atoms with Gasteiger partial charge < -0.3 is 5.32 Å². The van der Waals surface area contributed by atoms with Gasteiger partial charge in [-0.2, -0.15) is 18.3 Å². The summed E-state index contributed by atoms with van der Waals surface area (Å²) in [4.78, 5) is 1.02. The van der Waals surface area contributed by atoms with Crippen LogP contribution in [0.3, 0.4) is 0 Å². The Labute approximate surface area is 180 Å². The molecule has 4 rings (SSSR count). The van der Waals surface area contributed by atoms with Crippen LogP contribution in [0.25, 0.3) is 11.1 Å². The predicted octanol–water partition coefficient (Wildman–Crippen LogP) is 6.37. The molecule has 0 radical (unpaired) electrons. The Morgan fingerprint density at radius 1 is 1.34 bits per heavy atom. The minimum atomic E-state index is -4.69. The van der Waals surface area contributed by atoms with Gasteiger partial charge in [0.2, 0.25) is 0 Å². The van der Waals surface area contributed by atoms with Crippen LogP contribution < -0.4 is 5.32 Å². The lowest BCUT2D eigenvalue weighted by Gasteiger charge is -2.19. The molecule has 0 aliphatic carbocycles. The average molecular weight is 466 g/mol. The summed E-state index contributed by atoms with van der Waals surface area (Å²) in [6.07, 6.45) is -3.43. The number of benzene rings is 1. The highest BCUT2D eigenvalue weighted by Gasteiger charge is 2.40. The predicted molar refractivity (Wildman–Crippen MR) is 108 cm³/mol. The van der Waals surface area contributed by atoms with Crippen LogP contribution in [0.1, 0.15) is 40.2 Å². The molecular weight excluding hydrogens is 449 g/mol. The number of fused-ring (bicyclic) bond motifs is 1. The number of hydrogen-bond donors (Lipinski definition) is 1. The molecule has 1 N–H and O–H groups in total. The molecule has 3 aromatic rings. The Kier molecular flexibility index (Phi) is 6.02. The van der Waals surface area contributed by atoms with Crippen LogP contribution >= 0.6 is 35.3 Å². The molecule has 2 aromatic heterocycles. The minimum absolute atomic E-state index is 0. The zero-order valence-corrected chi connectivity index (χ0v) is 17.8. The molecule has 0 amide bonds. The summed E-state index contributed by atoms with van der Waals surface area (Å²) in [5, 5.41) is 6.92. The summed E-state index contributed by atoms with van der Waals surface area (Å²) in [7, 11) is 0. The van der Waals surface area contributed by atoms with Gasteiger partial charge in [0.1, 0.15) is 5.82 Å². The Hall–Kier alpha value is -1.61. The highest BCUT2D eigenvalue weighted by atomic mass is 35.5. The summed E-state index contributed by atoms with van der Waals surface area (Å²) in [6.45, 7) is 4.33. The smallest absolute Gasteiger partial charge is 0.301 e. The number of thiophene rings is 1. The van der Waals surface area contributed by atoms with E-state index in [1.807, 2.05) is 6.92 Å². The Morgan fingerprint density at radius 2 is 2.07 bits per heavy atom. The molecule has 0 spiro atoms. The van der Waals surface area contributed by atoms with E-state index >= 15 is 0 Å². The molecule has 0 saturated carbocycles. The molecule has 1 unspecified atom stereocenters. The van der Waals surface area contributed by atoms with E-state index in [4.69, 9.17) is 11.6 Å². The fourth-order valence-corrected chi connectivity index (χ4v) is 5.06. The Balaban J connectivity index is 0.00000240. The van der Waals surface area contributed by atoms with Crippen LogP contribution in [0.15, 0.2) is 24.4 Å². The molecule has 0 saturated heterocycles. The number of aryl methyl sites for hydroxylation is 1. The van der Waals surface area contributed by atoms with Crippen molar-refractivity contribution in [2.24, 2.45) is 0 Å². The van der Waals surface area contributed by atoms with Crippen molar-refractivity contribution in [3.63, 3.8) is 0 Å². The van der Waals surface area contributed by atoms with Crippen LogP contribution in [0, 0.1) is 12.7 Å². The van der Waals surface area contributed by atoms with Crippen molar-refractivity contribution in [1.82, 2.24) is 15.1 Å². The summed E-state index contributed by atoms with van der Waals surface area (Å²) < 4.78 is 57.5. The molecule has 29 heavy (non-hydrogen) atoms. The maximum absolute atomic E-state index is 14.9. The molecular formula is C19H17Cl2F4N3S. The largest absolute Gasteiger partial charge is 0.435 e. The lowest BCUT2D eigenvalue weighted by molar-refractivity contribution is -0.141. The van der Waals surface area contributed by atoms with E-state index in [1.54, 1.807) is 13.0 Å². The number of halogens is 6. The second-order valence-electron chi connectivity index (χ2n) is 6.60. The van der Waals surface area contributed by atoms with Crippen LogP contribution in [-0.2, 0) is 19.3 Å². The van der Waals surface area contributed by atoms with Crippen LogP contribution in [0.2, 0.25) is 4.34 Å². The average Bonchev–Trinajstić information content (AvgIpc) is 3.30. The fraction of sp³-hybridized carbons (Fsp3) is 0.316. The summed E-state index contributed by atoms with van der Waals surface area (Å²) in [6, 6.07) is 3.90. The number of nitrogens with zero attached hydrogens (tertiary/aromatic N) is 2. The van der Waals surface area contributed by atoms with Crippen molar-refractivity contribution in [3.05, 3.63) is 61.8 Å². The summed E-state index contributed by atoms with van der Waals surface area (Å²) in [5.41, 5.74) is 0.806. The molecule has 3 heterocycles. The molecule has 1 aromatic carbocycles. The van der Waals surface area contributed by atoms with E-state index in [1.165, 1.54) is 34.3 Å². The zero-order chi connectivity index (χ0) is 20.2. The van der Waals surface area contributed by atoms with Crippen LogP contribution in [0.5, 0.6) is 0 Å². The highest BCUT2D eigenvalue weighted by molar-refractivity contribution is 7.16.